The Morgan fingerprint density at radius 1 is 1.61 bits per heavy atom. The third kappa shape index (κ3) is 2.79. The van der Waals surface area contributed by atoms with Crippen molar-refractivity contribution < 1.29 is 9.53 Å². The maximum absolute atomic E-state index is 11.4. The number of aromatic nitrogens is 1. The predicted molar refractivity (Wildman–Crippen MR) is 68.7 cm³/mol. The Hall–Kier alpha value is -1.62. The molecule has 0 bridgehead atoms. The van der Waals surface area contributed by atoms with Crippen molar-refractivity contribution in [2.24, 2.45) is 11.7 Å². The van der Waals surface area contributed by atoms with Gasteiger partial charge in [0.05, 0.1) is 12.3 Å². The van der Waals surface area contributed by atoms with E-state index in [-0.39, 0.29) is 0 Å². The highest BCUT2D eigenvalue weighted by Gasteiger charge is 2.19. The quantitative estimate of drug-likeness (QED) is 0.827. The number of ether oxygens (including phenoxy) is 1. The number of hydrogen-bond acceptors (Lipinski definition) is 4. The molecule has 0 aromatic carbocycles. The third-order valence-electron chi connectivity index (χ3n) is 3.18. The fourth-order valence-corrected chi connectivity index (χ4v) is 2.27. The van der Waals surface area contributed by atoms with Gasteiger partial charge in [0.1, 0.15) is 11.3 Å². The molecule has 0 saturated carbocycles. The van der Waals surface area contributed by atoms with Crippen LogP contribution in [0.25, 0.3) is 0 Å². The summed E-state index contributed by atoms with van der Waals surface area (Å²) >= 11 is 0. The average Bonchev–Trinajstić information content (AvgIpc) is 2.77. The summed E-state index contributed by atoms with van der Waals surface area (Å²) in [6, 6.07) is 1.77. The molecule has 1 aliphatic heterocycles. The highest BCUT2D eigenvalue weighted by Crippen LogP contribution is 2.23. The van der Waals surface area contributed by atoms with Crippen LogP contribution in [0.4, 0.5) is 0 Å². The van der Waals surface area contributed by atoms with Gasteiger partial charge < -0.3 is 15.8 Å². The standard InChI is InChI=1S/C13H19N3O2/c1-8-5-11(12(13(14)17)9(2)16-8)18-7-10-3-4-15-6-10/h5,10,15H,3-4,6-7H2,1-2H3,(H2,14,17). The second-order valence-electron chi connectivity index (χ2n) is 4.76. The first-order valence-electron chi connectivity index (χ1n) is 6.19. The molecule has 1 aromatic rings. The number of nitrogens with one attached hydrogen (secondary N) is 1. The van der Waals surface area contributed by atoms with Crippen LogP contribution in [-0.2, 0) is 0 Å². The van der Waals surface area contributed by atoms with Crippen LogP contribution in [0.15, 0.2) is 6.07 Å². The lowest BCUT2D eigenvalue weighted by atomic mass is 10.1. The van der Waals surface area contributed by atoms with E-state index in [0.717, 1.165) is 25.2 Å². The van der Waals surface area contributed by atoms with E-state index in [9.17, 15) is 4.79 Å². The number of amides is 1. The largest absolute Gasteiger partial charge is 0.492 e. The van der Waals surface area contributed by atoms with E-state index in [0.29, 0.717) is 29.5 Å². The topological polar surface area (TPSA) is 77.2 Å². The van der Waals surface area contributed by atoms with Gasteiger partial charge in [-0.1, -0.05) is 0 Å². The second kappa shape index (κ2) is 5.35. The normalized spacial score (nSPS) is 18.9. The van der Waals surface area contributed by atoms with Crippen molar-refractivity contribution in [1.29, 1.82) is 0 Å². The molecule has 5 nitrogen and oxygen atoms in total. The van der Waals surface area contributed by atoms with Gasteiger partial charge in [-0.3, -0.25) is 9.78 Å². The van der Waals surface area contributed by atoms with Gasteiger partial charge in [-0.2, -0.15) is 0 Å². The zero-order chi connectivity index (χ0) is 13.1. The molecule has 0 spiro atoms. The van der Waals surface area contributed by atoms with Crippen molar-refractivity contribution in [2.75, 3.05) is 19.7 Å². The number of nitrogens with zero attached hydrogens (tertiary/aromatic N) is 1. The molecule has 3 N–H and O–H groups in total. The Kier molecular flexibility index (Phi) is 3.81. The highest BCUT2D eigenvalue weighted by atomic mass is 16.5. The molecule has 1 atom stereocenters. The van der Waals surface area contributed by atoms with Crippen molar-refractivity contribution in [1.82, 2.24) is 10.3 Å². The molecule has 1 fully saturated rings. The summed E-state index contributed by atoms with van der Waals surface area (Å²) in [5.41, 5.74) is 7.23. The van der Waals surface area contributed by atoms with Crippen LogP contribution in [0.3, 0.4) is 0 Å². The number of rotatable bonds is 4. The van der Waals surface area contributed by atoms with Gasteiger partial charge in [0.25, 0.3) is 5.91 Å². The molecule has 0 radical (unpaired) electrons. The van der Waals surface area contributed by atoms with E-state index in [1.807, 2.05) is 6.92 Å². The summed E-state index contributed by atoms with van der Waals surface area (Å²) in [5.74, 6) is 0.568. The van der Waals surface area contributed by atoms with Crippen LogP contribution in [0.2, 0.25) is 0 Å². The fraction of sp³-hybridized carbons (Fsp3) is 0.538. The molecule has 1 aromatic heterocycles. The van der Waals surface area contributed by atoms with Crippen LogP contribution in [0.5, 0.6) is 5.75 Å². The molecule has 2 rings (SSSR count). The van der Waals surface area contributed by atoms with Crippen LogP contribution < -0.4 is 15.8 Å². The predicted octanol–water partition coefficient (Wildman–Crippen LogP) is 0.786. The Labute approximate surface area is 107 Å². The minimum absolute atomic E-state index is 0.395. The first-order valence-corrected chi connectivity index (χ1v) is 6.19. The molecule has 1 saturated heterocycles. The minimum atomic E-state index is -0.487. The average molecular weight is 249 g/mol. The maximum atomic E-state index is 11.4. The van der Waals surface area contributed by atoms with E-state index in [4.69, 9.17) is 10.5 Å². The zero-order valence-corrected chi connectivity index (χ0v) is 10.8. The van der Waals surface area contributed by atoms with E-state index in [1.165, 1.54) is 0 Å². The van der Waals surface area contributed by atoms with Crippen LogP contribution in [-0.4, -0.2) is 30.6 Å². The SMILES string of the molecule is Cc1cc(OCC2CCNC2)c(C(N)=O)c(C)n1. The van der Waals surface area contributed by atoms with Crippen molar-refractivity contribution in [3.05, 3.63) is 23.0 Å². The lowest BCUT2D eigenvalue weighted by Crippen LogP contribution is -2.19. The van der Waals surface area contributed by atoms with E-state index in [1.54, 1.807) is 13.0 Å². The number of nitrogens with two attached hydrogens (primary N) is 1. The molecular weight excluding hydrogens is 230 g/mol. The summed E-state index contributed by atoms with van der Waals surface area (Å²) < 4.78 is 5.76. The Bertz CT molecular complexity index is 454. The number of pyridine rings is 1. The minimum Gasteiger partial charge on any atom is -0.492 e. The highest BCUT2D eigenvalue weighted by molar-refractivity contribution is 5.96. The Balaban J connectivity index is 2.16. The summed E-state index contributed by atoms with van der Waals surface area (Å²) in [6.45, 7) is 6.26. The van der Waals surface area contributed by atoms with Gasteiger partial charge in [0.2, 0.25) is 0 Å². The number of aryl methyl sites for hydroxylation is 2. The van der Waals surface area contributed by atoms with E-state index >= 15 is 0 Å². The monoisotopic (exact) mass is 249 g/mol. The Morgan fingerprint density at radius 3 is 3.00 bits per heavy atom. The smallest absolute Gasteiger partial charge is 0.254 e. The van der Waals surface area contributed by atoms with Crippen molar-refractivity contribution >= 4 is 5.91 Å². The first-order chi connectivity index (χ1) is 8.58. The van der Waals surface area contributed by atoms with Gasteiger partial charge in [-0.15, -0.1) is 0 Å². The van der Waals surface area contributed by atoms with E-state index < -0.39 is 5.91 Å². The maximum Gasteiger partial charge on any atom is 0.254 e. The molecular formula is C13H19N3O2. The summed E-state index contributed by atoms with van der Waals surface area (Å²) in [7, 11) is 0. The molecule has 1 amide bonds. The molecule has 1 unspecified atom stereocenters. The lowest BCUT2D eigenvalue weighted by Gasteiger charge is -2.15. The molecule has 5 heteroatoms. The third-order valence-corrected chi connectivity index (χ3v) is 3.18. The van der Waals surface area contributed by atoms with Gasteiger partial charge in [-0.05, 0) is 26.8 Å². The van der Waals surface area contributed by atoms with Crippen molar-refractivity contribution in [2.45, 2.75) is 20.3 Å². The lowest BCUT2D eigenvalue weighted by molar-refractivity contribution is 0.0994. The summed E-state index contributed by atoms with van der Waals surface area (Å²) in [4.78, 5) is 15.7. The van der Waals surface area contributed by atoms with Crippen molar-refractivity contribution in [3.63, 3.8) is 0 Å². The fourth-order valence-electron chi connectivity index (χ4n) is 2.27. The number of hydrogen-bond donors (Lipinski definition) is 2. The number of primary amides is 1. The van der Waals surface area contributed by atoms with Gasteiger partial charge in [0.15, 0.2) is 0 Å². The Morgan fingerprint density at radius 2 is 2.39 bits per heavy atom. The summed E-state index contributed by atoms with van der Waals surface area (Å²) in [6.07, 6.45) is 1.11. The second-order valence-corrected chi connectivity index (χ2v) is 4.76. The van der Waals surface area contributed by atoms with Crippen LogP contribution >= 0.6 is 0 Å². The zero-order valence-electron chi connectivity index (χ0n) is 10.8. The molecule has 1 aliphatic rings. The number of carbonyl (C=O) groups is 1. The summed E-state index contributed by atoms with van der Waals surface area (Å²) in [5, 5.41) is 3.28. The van der Waals surface area contributed by atoms with E-state index in [2.05, 4.69) is 10.3 Å². The van der Waals surface area contributed by atoms with Crippen LogP contribution in [0.1, 0.15) is 28.2 Å². The van der Waals surface area contributed by atoms with Gasteiger partial charge in [0, 0.05) is 24.2 Å². The van der Waals surface area contributed by atoms with Gasteiger partial charge >= 0.3 is 0 Å². The molecule has 18 heavy (non-hydrogen) atoms. The van der Waals surface area contributed by atoms with Crippen molar-refractivity contribution in [3.8, 4) is 5.75 Å². The first kappa shape index (κ1) is 12.8. The molecule has 98 valence electrons. The van der Waals surface area contributed by atoms with Gasteiger partial charge in [-0.25, -0.2) is 0 Å². The van der Waals surface area contributed by atoms with Crippen LogP contribution in [0, 0.1) is 19.8 Å². The number of carbonyl (C=O) groups excluding carboxylic acids is 1. The molecule has 0 aliphatic carbocycles. The molecule has 2 heterocycles.